The normalized spacial score (nSPS) is 10.6. The third-order valence-corrected chi connectivity index (χ3v) is 4.36. The maximum absolute atomic E-state index is 4.35. The Labute approximate surface area is 120 Å². The van der Waals surface area contributed by atoms with Crippen LogP contribution < -0.4 is 5.32 Å². The van der Waals surface area contributed by atoms with E-state index >= 15 is 0 Å². The molecule has 2 aromatic rings. The zero-order chi connectivity index (χ0) is 12.8. The summed E-state index contributed by atoms with van der Waals surface area (Å²) in [7, 11) is 1.91. The molecule has 0 fully saturated rings. The highest BCUT2D eigenvalue weighted by Gasteiger charge is 2.02. The third kappa shape index (κ3) is 3.80. The van der Waals surface area contributed by atoms with Crippen LogP contribution in [0.5, 0.6) is 0 Å². The van der Waals surface area contributed by atoms with Crippen LogP contribution in [0.3, 0.4) is 0 Å². The molecule has 18 heavy (non-hydrogen) atoms. The molecule has 94 valence electrons. The van der Waals surface area contributed by atoms with E-state index in [4.69, 9.17) is 0 Å². The summed E-state index contributed by atoms with van der Waals surface area (Å²) in [5.41, 5.74) is 1.10. The second-order valence-electron chi connectivity index (χ2n) is 3.76. The van der Waals surface area contributed by atoms with Gasteiger partial charge in [-0.3, -0.25) is 0 Å². The summed E-state index contributed by atoms with van der Waals surface area (Å²) in [5.74, 6) is 1.64. The molecule has 1 N–H and O–H groups in total. The summed E-state index contributed by atoms with van der Waals surface area (Å²) in [6, 6.07) is 8.17. The zero-order valence-electron chi connectivity index (χ0n) is 10.1. The maximum Gasteiger partial charge on any atom is 0.138 e. The second kappa shape index (κ2) is 6.87. The molecular weight excluding hydrogens is 310 g/mol. The van der Waals surface area contributed by atoms with E-state index in [1.54, 1.807) is 11.8 Å². The molecule has 0 bridgehead atoms. The highest BCUT2D eigenvalue weighted by Crippen LogP contribution is 2.28. The Bertz CT molecular complexity index is 502. The molecule has 5 heteroatoms. The van der Waals surface area contributed by atoms with Gasteiger partial charge in [-0.2, -0.15) is 0 Å². The van der Waals surface area contributed by atoms with Crippen LogP contribution in [0.4, 0.5) is 0 Å². The molecule has 0 atom stereocenters. The minimum Gasteiger partial charge on any atom is -0.316 e. The summed E-state index contributed by atoms with van der Waals surface area (Å²) < 4.78 is 1.11. The predicted octanol–water partition coefficient (Wildman–Crippen LogP) is 3.25. The number of benzene rings is 1. The van der Waals surface area contributed by atoms with Gasteiger partial charge in [0.25, 0.3) is 0 Å². The van der Waals surface area contributed by atoms with Crippen molar-refractivity contribution in [1.29, 1.82) is 0 Å². The van der Waals surface area contributed by atoms with E-state index in [0.717, 1.165) is 28.2 Å². The number of halogens is 1. The first-order valence-electron chi connectivity index (χ1n) is 5.61. The standard InChI is InChI=1S/C13H14BrN3S/c1-15-6-10-7-16-13(17-8-10)9-18-12-5-3-2-4-11(12)14/h2-5,7-8,15H,6,9H2,1H3. The molecule has 1 aromatic carbocycles. The molecule has 2 rings (SSSR count). The fourth-order valence-electron chi connectivity index (χ4n) is 1.46. The lowest BCUT2D eigenvalue weighted by atomic mass is 10.3. The Morgan fingerprint density at radius 2 is 1.94 bits per heavy atom. The Balaban J connectivity index is 1.96. The summed E-state index contributed by atoms with van der Waals surface area (Å²) in [6.07, 6.45) is 3.75. The van der Waals surface area contributed by atoms with Crippen molar-refractivity contribution in [3.63, 3.8) is 0 Å². The molecular formula is C13H14BrN3S. The average Bonchev–Trinajstić information content (AvgIpc) is 2.40. The zero-order valence-corrected chi connectivity index (χ0v) is 12.5. The van der Waals surface area contributed by atoms with Gasteiger partial charge in [0, 0.05) is 33.9 Å². The average molecular weight is 324 g/mol. The van der Waals surface area contributed by atoms with Gasteiger partial charge in [-0.05, 0) is 35.1 Å². The van der Waals surface area contributed by atoms with E-state index < -0.39 is 0 Å². The van der Waals surface area contributed by atoms with Gasteiger partial charge < -0.3 is 5.32 Å². The van der Waals surface area contributed by atoms with E-state index in [-0.39, 0.29) is 0 Å². The summed E-state index contributed by atoms with van der Waals surface area (Å²) in [5, 5.41) is 3.08. The summed E-state index contributed by atoms with van der Waals surface area (Å²) >= 11 is 5.26. The Morgan fingerprint density at radius 3 is 2.61 bits per heavy atom. The van der Waals surface area contributed by atoms with E-state index in [1.807, 2.05) is 37.6 Å². The van der Waals surface area contributed by atoms with Gasteiger partial charge in [0.05, 0.1) is 5.75 Å². The quantitative estimate of drug-likeness (QED) is 0.857. The maximum atomic E-state index is 4.35. The number of nitrogens with one attached hydrogen (secondary N) is 1. The molecule has 3 nitrogen and oxygen atoms in total. The van der Waals surface area contributed by atoms with Gasteiger partial charge in [-0.1, -0.05) is 12.1 Å². The fraction of sp³-hybridized carbons (Fsp3) is 0.231. The number of hydrogen-bond acceptors (Lipinski definition) is 4. The minimum atomic E-state index is 0.780. The molecule has 0 radical (unpaired) electrons. The molecule has 1 heterocycles. The van der Waals surface area contributed by atoms with Gasteiger partial charge in [0.2, 0.25) is 0 Å². The van der Waals surface area contributed by atoms with Crippen molar-refractivity contribution in [2.24, 2.45) is 0 Å². The number of nitrogens with zero attached hydrogens (tertiary/aromatic N) is 2. The topological polar surface area (TPSA) is 37.8 Å². The summed E-state index contributed by atoms with van der Waals surface area (Å²) in [4.78, 5) is 9.92. The molecule has 0 aliphatic heterocycles. The largest absolute Gasteiger partial charge is 0.316 e. The first-order valence-corrected chi connectivity index (χ1v) is 7.39. The fourth-order valence-corrected chi connectivity index (χ4v) is 2.90. The number of rotatable bonds is 5. The van der Waals surface area contributed by atoms with Crippen molar-refractivity contribution < 1.29 is 0 Å². The smallest absolute Gasteiger partial charge is 0.138 e. The van der Waals surface area contributed by atoms with Crippen LogP contribution in [-0.4, -0.2) is 17.0 Å². The highest BCUT2D eigenvalue weighted by atomic mass is 79.9. The van der Waals surface area contributed by atoms with Crippen molar-refractivity contribution in [2.45, 2.75) is 17.2 Å². The molecule has 0 aliphatic rings. The van der Waals surface area contributed by atoms with Crippen molar-refractivity contribution in [1.82, 2.24) is 15.3 Å². The van der Waals surface area contributed by atoms with Crippen LogP contribution in [0.25, 0.3) is 0 Å². The van der Waals surface area contributed by atoms with Crippen LogP contribution in [0.15, 0.2) is 46.0 Å². The Kier molecular flexibility index (Phi) is 5.16. The first kappa shape index (κ1) is 13.5. The van der Waals surface area contributed by atoms with Gasteiger partial charge >= 0.3 is 0 Å². The highest BCUT2D eigenvalue weighted by molar-refractivity contribution is 9.10. The van der Waals surface area contributed by atoms with Gasteiger partial charge in [0.15, 0.2) is 0 Å². The Morgan fingerprint density at radius 1 is 1.22 bits per heavy atom. The van der Waals surface area contributed by atoms with Crippen LogP contribution in [0.1, 0.15) is 11.4 Å². The van der Waals surface area contributed by atoms with E-state index in [2.05, 4.69) is 37.3 Å². The first-order chi connectivity index (χ1) is 8.79. The lowest BCUT2D eigenvalue weighted by molar-refractivity contribution is 0.801. The predicted molar refractivity (Wildman–Crippen MR) is 78.5 cm³/mol. The molecule has 0 spiro atoms. The van der Waals surface area contributed by atoms with Crippen molar-refractivity contribution in [3.8, 4) is 0 Å². The summed E-state index contributed by atoms with van der Waals surface area (Å²) in [6.45, 7) is 0.803. The van der Waals surface area contributed by atoms with Crippen molar-refractivity contribution in [3.05, 3.63) is 52.5 Å². The minimum absolute atomic E-state index is 0.780. The molecule has 0 amide bonds. The van der Waals surface area contributed by atoms with Crippen LogP contribution >= 0.6 is 27.7 Å². The Hall–Kier alpha value is -0.910. The van der Waals surface area contributed by atoms with E-state index in [0.29, 0.717) is 0 Å². The van der Waals surface area contributed by atoms with E-state index in [9.17, 15) is 0 Å². The third-order valence-electron chi connectivity index (χ3n) is 2.33. The second-order valence-corrected chi connectivity index (χ2v) is 5.63. The SMILES string of the molecule is CNCc1cnc(CSc2ccccc2Br)nc1. The lowest BCUT2D eigenvalue weighted by Gasteiger charge is -2.04. The molecule has 0 saturated carbocycles. The number of thioether (sulfide) groups is 1. The lowest BCUT2D eigenvalue weighted by Crippen LogP contribution is -2.06. The number of aromatic nitrogens is 2. The van der Waals surface area contributed by atoms with Gasteiger partial charge in [-0.25, -0.2) is 9.97 Å². The number of hydrogen-bond donors (Lipinski definition) is 1. The van der Waals surface area contributed by atoms with Gasteiger partial charge in [-0.15, -0.1) is 11.8 Å². The van der Waals surface area contributed by atoms with Crippen molar-refractivity contribution >= 4 is 27.7 Å². The molecule has 0 unspecified atom stereocenters. The van der Waals surface area contributed by atoms with Crippen LogP contribution in [0.2, 0.25) is 0 Å². The molecule has 0 saturated heterocycles. The monoisotopic (exact) mass is 323 g/mol. The molecule has 1 aromatic heterocycles. The van der Waals surface area contributed by atoms with Crippen LogP contribution in [0, 0.1) is 0 Å². The van der Waals surface area contributed by atoms with E-state index in [1.165, 1.54) is 4.90 Å². The molecule has 0 aliphatic carbocycles. The van der Waals surface area contributed by atoms with Crippen LogP contribution in [-0.2, 0) is 12.3 Å². The van der Waals surface area contributed by atoms with Crippen molar-refractivity contribution in [2.75, 3.05) is 7.05 Å². The van der Waals surface area contributed by atoms with Gasteiger partial charge in [0.1, 0.15) is 5.82 Å².